The number of nitrogens with one attached hydrogen (secondary N) is 5. The lowest BCUT2D eigenvalue weighted by molar-refractivity contribution is -0.192. The molecule has 49 heavy (non-hydrogen) atoms. The number of aliphatic imine (C=N–C) groups is 1. The van der Waals surface area contributed by atoms with Crippen LogP contribution in [-0.2, 0) is 9.59 Å². The number of carboxylic acid groups (broad SMARTS) is 2. The number of nitrogens with zero attached hydrogens (tertiary/aromatic N) is 3. The van der Waals surface area contributed by atoms with Crippen LogP contribution in [0.15, 0.2) is 59.7 Å². The topological polar surface area (TPSA) is 261 Å². The number of H-pyrrole nitrogens is 3. The van der Waals surface area contributed by atoms with Crippen LogP contribution in [0.25, 0.3) is 6.08 Å². The number of carbonyl (C=O) groups is 4. The SMILES string of the molecule is CC(=O)O.NC1=NC2C(C=CCN2C(=O)c2cc(Br)c(Br)[nH]2)N1.Nc1ncc(/C=C\CNC(=O)c2cc(Br)c(Br)[nH]2)[nH]1.O=C(O)C(F)(F)F. The molecule has 2 amide bonds. The van der Waals surface area contributed by atoms with Crippen molar-refractivity contribution in [3.05, 3.63) is 71.8 Å². The summed E-state index contributed by atoms with van der Waals surface area (Å²) in [5.41, 5.74) is 12.9. The van der Waals surface area contributed by atoms with Crippen LogP contribution in [-0.4, -0.2) is 96.2 Å². The molecular formula is C26H27Br4F3N10O6. The zero-order chi connectivity index (χ0) is 37.1. The van der Waals surface area contributed by atoms with Gasteiger partial charge >= 0.3 is 12.1 Å². The van der Waals surface area contributed by atoms with Crippen molar-refractivity contribution in [3.8, 4) is 0 Å². The molecule has 3 aromatic rings. The number of aliphatic carboxylic acids is 2. The molecule has 266 valence electrons. The average molecular weight is 952 g/mol. The van der Waals surface area contributed by atoms with E-state index in [4.69, 9.17) is 31.3 Å². The number of nitrogen functional groups attached to an aromatic ring is 1. The quantitative estimate of drug-likeness (QED) is 0.165. The molecule has 5 heterocycles. The normalized spacial score (nSPS) is 16.1. The summed E-state index contributed by atoms with van der Waals surface area (Å²) in [5, 5.41) is 20.3. The first-order valence-electron chi connectivity index (χ1n) is 13.2. The van der Waals surface area contributed by atoms with Gasteiger partial charge in [-0.05, 0) is 81.9 Å². The molecule has 0 saturated carbocycles. The number of anilines is 1. The number of alkyl halides is 3. The fourth-order valence-electron chi connectivity index (χ4n) is 3.62. The van der Waals surface area contributed by atoms with E-state index in [1.807, 2.05) is 12.2 Å². The summed E-state index contributed by atoms with van der Waals surface area (Å²) in [5.74, 6) is -3.14. The molecule has 2 unspecified atom stereocenters. The molecule has 2 aliphatic heterocycles. The maximum absolute atomic E-state index is 12.5. The van der Waals surface area contributed by atoms with E-state index < -0.39 is 18.1 Å². The minimum Gasteiger partial charge on any atom is -0.481 e. The molecule has 0 fully saturated rings. The lowest BCUT2D eigenvalue weighted by Crippen LogP contribution is -2.49. The molecule has 0 radical (unpaired) electrons. The fourth-order valence-corrected chi connectivity index (χ4v) is 4.93. The van der Waals surface area contributed by atoms with Gasteiger partial charge in [-0.15, -0.1) is 0 Å². The first-order chi connectivity index (χ1) is 22.8. The first kappa shape index (κ1) is 41.1. The molecule has 16 nitrogen and oxygen atoms in total. The van der Waals surface area contributed by atoms with Gasteiger partial charge in [0.15, 0.2) is 18.1 Å². The maximum Gasteiger partial charge on any atom is 0.490 e. The summed E-state index contributed by atoms with van der Waals surface area (Å²) < 4.78 is 34.8. The largest absolute Gasteiger partial charge is 0.490 e. The lowest BCUT2D eigenvalue weighted by atomic mass is 10.1. The van der Waals surface area contributed by atoms with Gasteiger partial charge in [0.1, 0.15) is 11.4 Å². The van der Waals surface area contributed by atoms with Crippen molar-refractivity contribution < 1.29 is 42.6 Å². The van der Waals surface area contributed by atoms with E-state index in [-0.39, 0.29) is 24.0 Å². The van der Waals surface area contributed by atoms with Gasteiger partial charge in [-0.3, -0.25) is 14.4 Å². The molecule has 23 heteroatoms. The number of fused-ring (bicyclic) bond motifs is 1. The summed E-state index contributed by atoms with van der Waals surface area (Å²) in [6.45, 7) is 2.01. The molecule has 2 aliphatic rings. The number of aromatic amines is 3. The van der Waals surface area contributed by atoms with Crippen LogP contribution >= 0.6 is 63.7 Å². The van der Waals surface area contributed by atoms with Gasteiger partial charge in [0.2, 0.25) is 0 Å². The number of carbonyl (C=O) groups excluding carboxylic acids is 2. The molecule has 0 aromatic carbocycles. The molecule has 11 N–H and O–H groups in total. The van der Waals surface area contributed by atoms with Gasteiger partial charge in [-0.25, -0.2) is 14.8 Å². The predicted molar refractivity (Wildman–Crippen MR) is 186 cm³/mol. The average Bonchev–Trinajstić information content (AvgIpc) is 3.77. The molecular weight excluding hydrogens is 925 g/mol. The Morgan fingerprint density at radius 2 is 1.59 bits per heavy atom. The summed E-state index contributed by atoms with van der Waals surface area (Å²) in [7, 11) is 0. The van der Waals surface area contributed by atoms with Crippen molar-refractivity contribution in [1.82, 2.24) is 35.5 Å². The highest BCUT2D eigenvalue weighted by molar-refractivity contribution is 9.13. The van der Waals surface area contributed by atoms with Crippen molar-refractivity contribution >= 4 is 105 Å². The van der Waals surface area contributed by atoms with Crippen LogP contribution in [0.2, 0.25) is 0 Å². The number of imidazole rings is 1. The Kier molecular flexibility index (Phi) is 15.6. The second-order valence-corrected chi connectivity index (χ2v) is 12.6. The minimum atomic E-state index is -5.08. The summed E-state index contributed by atoms with van der Waals surface area (Å²) in [6.07, 6.45) is 3.78. The maximum atomic E-state index is 12.5. The third-order valence-corrected chi connectivity index (χ3v) is 9.16. The zero-order valence-electron chi connectivity index (χ0n) is 24.8. The summed E-state index contributed by atoms with van der Waals surface area (Å²) in [4.78, 5) is 60.7. The van der Waals surface area contributed by atoms with Gasteiger partial charge < -0.3 is 52.2 Å². The van der Waals surface area contributed by atoms with E-state index in [1.165, 1.54) is 0 Å². The van der Waals surface area contributed by atoms with Crippen LogP contribution in [0.1, 0.15) is 33.6 Å². The van der Waals surface area contributed by atoms with E-state index in [0.717, 1.165) is 30.8 Å². The van der Waals surface area contributed by atoms with E-state index in [0.29, 0.717) is 36.4 Å². The van der Waals surface area contributed by atoms with E-state index in [9.17, 15) is 22.8 Å². The third kappa shape index (κ3) is 13.4. The number of amides is 2. The molecule has 0 aliphatic carbocycles. The Balaban J connectivity index is 0.000000263. The highest BCUT2D eigenvalue weighted by atomic mass is 79.9. The Morgan fingerprint density at radius 1 is 1.04 bits per heavy atom. The standard InChI is InChI=1S/2C11H11Br2N5O.C2HF3O2.C2H4O2/c12-5-4-7(15-8(5)13)10(19)18-3-1-2-6-9(18)17-11(14)16-6;12-7-4-8(18-9(7)13)10(19)15-3-1-2-6-5-16-11(14)17-6;3-2(4,5)1(6)7;1-2(3)4/h1-2,4,6,9,15H,3H2,(H3,14,16,17);1-2,4-5,18H,3H2,(H,15,19)(H3,14,16,17);(H,6,7);1H3,(H,3,4)/b;2-1-;;. The van der Waals surface area contributed by atoms with Crippen molar-refractivity contribution in [2.45, 2.75) is 25.3 Å². The van der Waals surface area contributed by atoms with Crippen molar-refractivity contribution in [3.63, 3.8) is 0 Å². The highest BCUT2D eigenvalue weighted by Crippen LogP contribution is 2.26. The van der Waals surface area contributed by atoms with Gasteiger partial charge in [0, 0.05) is 20.0 Å². The monoisotopic (exact) mass is 948 g/mol. The molecule has 5 rings (SSSR count). The molecule has 0 saturated heterocycles. The molecule has 3 aromatic heterocycles. The number of halogens is 7. The number of hydrogen-bond donors (Lipinski definition) is 9. The number of guanidine groups is 1. The van der Waals surface area contributed by atoms with Crippen LogP contribution in [0.3, 0.4) is 0 Å². The molecule has 0 spiro atoms. The predicted octanol–water partition coefficient (Wildman–Crippen LogP) is 4.18. The van der Waals surface area contributed by atoms with Crippen molar-refractivity contribution in [2.24, 2.45) is 10.7 Å². The van der Waals surface area contributed by atoms with E-state index in [1.54, 1.807) is 35.4 Å². The van der Waals surface area contributed by atoms with Gasteiger partial charge in [0.25, 0.3) is 17.8 Å². The molecule has 0 bridgehead atoms. The third-order valence-electron chi connectivity index (χ3n) is 5.59. The van der Waals surface area contributed by atoms with Gasteiger partial charge in [-0.2, -0.15) is 13.2 Å². The Labute approximate surface area is 308 Å². The fraction of sp³-hybridized carbons (Fsp3) is 0.231. The Bertz CT molecular complexity index is 1690. The van der Waals surface area contributed by atoms with Crippen LogP contribution in [0, 0.1) is 0 Å². The smallest absolute Gasteiger partial charge is 0.481 e. The summed E-state index contributed by atoms with van der Waals surface area (Å²) in [6, 6.07) is 3.41. The van der Waals surface area contributed by atoms with Crippen LogP contribution in [0.5, 0.6) is 0 Å². The Hall–Kier alpha value is -4.09. The number of aromatic nitrogens is 4. The summed E-state index contributed by atoms with van der Waals surface area (Å²) >= 11 is 13.3. The second kappa shape index (κ2) is 18.6. The van der Waals surface area contributed by atoms with Gasteiger partial charge in [-0.1, -0.05) is 18.2 Å². The highest BCUT2D eigenvalue weighted by Gasteiger charge is 2.38. The number of rotatable bonds is 5. The van der Waals surface area contributed by atoms with Crippen LogP contribution in [0.4, 0.5) is 19.1 Å². The number of nitrogens with two attached hydrogens (primary N) is 2. The minimum absolute atomic E-state index is 0.0421. The molecule has 2 atom stereocenters. The van der Waals surface area contributed by atoms with E-state index in [2.05, 4.69) is 99.3 Å². The first-order valence-corrected chi connectivity index (χ1v) is 16.4. The number of hydrogen-bond acceptors (Lipinski definition) is 9. The van der Waals surface area contributed by atoms with Gasteiger partial charge in [0.05, 0.1) is 36.1 Å². The van der Waals surface area contributed by atoms with E-state index >= 15 is 0 Å². The zero-order valence-corrected chi connectivity index (χ0v) is 31.1. The number of carboxylic acids is 2. The van der Waals surface area contributed by atoms with Crippen LogP contribution < -0.4 is 22.1 Å². The van der Waals surface area contributed by atoms with Crippen molar-refractivity contribution in [1.29, 1.82) is 0 Å². The van der Waals surface area contributed by atoms with Crippen molar-refractivity contribution in [2.75, 3.05) is 18.8 Å². The Morgan fingerprint density at radius 3 is 2.06 bits per heavy atom. The lowest BCUT2D eigenvalue weighted by Gasteiger charge is -2.31. The second-order valence-electron chi connectivity index (χ2n) is 9.33.